The van der Waals surface area contributed by atoms with Crippen LogP contribution in [0.3, 0.4) is 0 Å². The number of halogens is 3. The number of benzene rings is 3. The summed E-state index contributed by atoms with van der Waals surface area (Å²) in [5.74, 6) is -4.06. The summed E-state index contributed by atoms with van der Waals surface area (Å²) < 4.78 is 67.4. The highest BCUT2D eigenvalue weighted by atomic mass is 32.2. The van der Waals surface area contributed by atoms with Gasteiger partial charge >= 0.3 is 0 Å². The van der Waals surface area contributed by atoms with Crippen molar-refractivity contribution in [1.82, 2.24) is 10.2 Å². The van der Waals surface area contributed by atoms with Crippen LogP contribution in [0.1, 0.15) is 36.8 Å². The third kappa shape index (κ3) is 8.09. The van der Waals surface area contributed by atoms with Gasteiger partial charge in [-0.15, -0.1) is 0 Å². The molecule has 0 aromatic heterocycles. The lowest BCUT2D eigenvalue weighted by Gasteiger charge is -2.34. The van der Waals surface area contributed by atoms with Crippen LogP contribution in [0.15, 0.2) is 72.8 Å². The molecule has 0 bridgehead atoms. The molecule has 1 unspecified atom stereocenters. The molecular weight excluding hydrogens is 555 g/mol. The largest absolute Gasteiger partial charge is 0.352 e. The monoisotopic (exact) mass is 587 g/mol. The van der Waals surface area contributed by atoms with E-state index in [0.29, 0.717) is 15.9 Å². The number of amides is 2. The number of carbonyl (C=O) groups excluding carboxylic acids is 2. The molecule has 4 rings (SSSR count). The van der Waals surface area contributed by atoms with Gasteiger partial charge in [0.15, 0.2) is 11.6 Å². The molecule has 1 aliphatic carbocycles. The maximum atomic E-state index is 14.0. The van der Waals surface area contributed by atoms with E-state index in [1.165, 1.54) is 29.2 Å². The average Bonchev–Trinajstić information content (AvgIpc) is 3.45. The minimum absolute atomic E-state index is 0.0433. The highest BCUT2D eigenvalue weighted by Crippen LogP contribution is 2.23. The molecule has 7 nitrogen and oxygen atoms in total. The molecule has 1 saturated carbocycles. The molecule has 0 spiro atoms. The predicted molar refractivity (Wildman–Crippen MR) is 150 cm³/mol. The average molecular weight is 588 g/mol. The molecule has 2 amide bonds. The van der Waals surface area contributed by atoms with Gasteiger partial charge in [0.2, 0.25) is 21.8 Å². The Morgan fingerprint density at radius 3 is 2.17 bits per heavy atom. The van der Waals surface area contributed by atoms with E-state index in [4.69, 9.17) is 0 Å². The van der Waals surface area contributed by atoms with Crippen molar-refractivity contribution < 1.29 is 31.2 Å². The second kappa shape index (κ2) is 13.2. The van der Waals surface area contributed by atoms with Crippen molar-refractivity contribution in [3.63, 3.8) is 0 Å². The molecular formula is C30H32F3N3O4S. The van der Waals surface area contributed by atoms with Gasteiger partial charge in [-0.2, -0.15) is 0 Å². The SMILES string of the molecule is CS(=O)(=O)N(CC(=O)N(Cc1ccc(F)cc1)C(Cc1ccccc1)C(=O)NC1CCCC1)c1ccc(F)c(F)c1. The summed E-state index contributed by atoms with van der Waals surface area (Å²) in [7, 11) is -4.13. The molecule has 1 atom stereocenters. The molecule has 3 aromatic carbocycles. The second-order valence-corrected chi connectivity index (χ2v) is 12.1. The molecule has 0 radical (unpaired) electrons. The first-order valence-corrected chi connectivity index (χ1v) is 15.2. The molecule has 0 heterocycles. The number of nitrogens with zero attached hydrogens (tertiary/aromatic N) is 2. The van der Waals surface area contributed by atoms with Crippen molar-refractivity contribution in [2.45, 2.75) is 50.7 Å². The van der Waals surface area contributed by atoms with Crippen molar-refractivity contribution >= 4 is 27.5 Å². The first-order valence-electron chi connectivity index (χ1n) is 13.3. The van der Waals surface area contributed by atoms with Gasteiger partial charge < -0.3 is 10.2 Å². The zero-order chi connectivity index (χ0) is 29.6. The van der Waals surface area contributed by atoms with E-state index in [0.717, 1.165) is 49.6 Å². The number of hydrogen-bond donors (Lipinski definition) is 1. The lowest BCUT2D eigenvalue weighted by molar-refractivity contribution is -0.140. The fourth-order valence-corrected chi connectivity index (χ4v) is 5.80. The van der Waals surface area contributed by atoms with Crippen molar-refractivity contribution in [3.05, 3.63) is 101 Å². The van der Waals surface area contributed by atoms with E-state index in [1.807, 2.05) is 30.3 Å². The normalized spacial score (nSPS) is 14.4. The molecule has 1 fully saturated rings. The Labute approximate surface area is 238 Å². The Hall–Kier alpha value is -3.86. The number of sulfonamides is 1. The first kappa shape index (κ1) is 30.1. The van der Waals surface area contributed by atoms with E-state index >= 15 is 0 Å². The number of carbonyl (C=O) groups is 2. The first-order chi connectivity index (χ1) is 19.5. The standard InChI is InChI=1S/C30H32F3N3O4S/c1-41(39,40)36(25-15-16-26(32)27(33)18-25)20-29(37)35(19-22-11-13-23(31)14-12-22)28(17-21-7-3-2-4-8-21)30(38)34-24-9-5-6-10-24/h2-4,7-8,11-16,18,24,28H,5-6,9-10,17,19-20H2,1H3,(H,34,38). The number of rotatable bonds is 11. The van der Waals surface area contributed by atoms with Gasteiger partial charge in [-0.25, -0.2) is 21.6 Å². The summed E-state index contributed by atoms with van der Waals surface area (Å²) in [5, 5.41) is 3.04. The van der Waals surface area contributed by atoms with Crippen LogP contribution in [0.25, 0.3) is 0 Å². The molecule has 1 aliphatic rings. The topological polar surface area (TPSA) is 86.8 Å². The molecule has 218 valence electrons. The zero-order valence-electron chi connectivity index (χ0n) is 22.6. The number of nitrogens with one attached hydrogen (secondary N) is 1. The van der Waals surface area contributed by atoms with Crippen molar-refractivity contribution in [2.24, 2.45) is 0 Å². The Bertz CT molecular complexity index is 1460. The smallest absolute Gasteiger partial charge is 0.244 e. The summed E-state index contributed by atoms with van der Waals surface area (Å²) in [4.78, 5) is 29.0. The Morgan fingerprint density at radius 1 is 0.902 bits per heavy atom. The molecule has 11 heteroatoms. The predicted octanol–water partition coefficient (Wildman–Crippen LogP) is 4.57. The van der Waals surface area contributed by atoms with Crippen molar-refractivity contribution in [3.8, 4) is 0 Å². The van der Waals surface area contributed by atoms with Crippen LogP contribution in [-0.4, -0.2) is 50.0 Å². The fourth-order valence-electron chi connectivity index (χ4n) is 4.96. The van der Waals surface area contributed by atoms with Crippen LogP contribution in [-0.2, 0) is 32.6 Å². The van der Waals surface area contributed by atoms with Gasteiger partial charge in [-0.3, -0.25) is 13.9 Å². The third-order valence-electron chi connectivity index (χ3n) is 7.11. The zero-order valence-corrected chi connectivity index (χ0v) is 23.4. The Balaban J connectivity index is 1.72. The van der Waals surface area contributed by atoms with Gasteiger partial charge in [0, 0.05) is 25.1 Å². The van der Waals surface area contributed by atoms with Crippen LogP contribution < -0.4 is 9.62 Å². The van der Waals surface area contributed by atoms with Gasteiger partial charge in [-0.05, 0) is 48.2 Å². The number of anilines is 1. The minimum atomic E-state index is -4.13. The van der Waals surface area contributed by atoms with E-state index in [1.54, 1.807) is 0 Å². The fraction of sp³-hybridized carbons (Fsp3) is 0.333. The molecule has 0 saturated heterocycles. The van der Waals surface area contributed by atoms with Gasteiger partial charge in [0.1, 0.15) is 18.4 Å². The minimum Gasteiger partial charge on any atom is -0.352 e. The number of hydrogen-bond acceptors (Lipinski definition) is 4. The maximum Gasteiger partial charge on any atom is 0.244 e. The highest BCUT2D eigenvalue weighted by Gasteiger charge is 2.34. The third-order valence-corrected chi connectivity index (χ3v) is 8.25. The second-order valence-electron chi connectivity index (χ2n) is 10.2. The summed E-state index contributed by atoms with van der Waals surface area (Å²) in [5.41, 5.74) is 1.05. The van der Waals surface area contributed by atoms with Gasteiger partial charge in [0.25, 0.3) is 0 Å². The van der Waals surface area contributed by atoms with Crippen LogP contribution in [0.5, 0.6) is 0 Å². The lowest BCUT2D eigenvalue weighted by Crippen LogP contribution is -2.54. The van der Waals surface area contributed by atoms with E-state index in [2.05, 4.69) is 5.32 Å². The van der Waals surface area contributed by atoms with Gasteiger partial charge in [0.05, 0.1) is 11.9 Å². The summed E-state index contributed by atoms with van der Waals surface area (Å²) >= 11 is 0. The van der Waals surface area contributed by atoms with Crippen LogP contribution >= 0.6 is 0 Å². The van der Waals surface area contributed by atoms with Crippen LogP contribution in [0.4, 0.5) is 18.9 Å². The quantitative estimate of drug-likeness (QED) is 0.356. The maximum absolute atomic E-state index is 14.0. The molecule has 41 heavy (non-hydrogen) atoms. The Kier molecular flexibility index (Phi) is 9.69. The highest BCUT2D eigenvalue weighted by molar-refractivity contribution is 7.92. The van der Waals surface area contributed by atoms with Crippen molar-refractivity contribution in [1.29, 1.82) is 0 Å². The molecule has 0 aliphatic heterocycles. The Morgan fingerprint density at radius 2 is 1.56 bits per heavy atom. The van der Waals surface area contributed by atoms with Crippen molar-refractivity contribution in [2.75, 3.05) is 17.1 Å². The summed E-state index contributed by atoms with van der Waals surface area (Å²) in [6.07, 6.45) is 4.56. The lowest BCUT2D eigenvalue weighted by atomic mass is 10.0. The van der Waals surface area contributed by atoms with Crippen LogP contribution in [0, 0.1) is 17.5 Å². The molecule has 3 aromatic rings. The van der Waals surface area contributed by atoms with Gasteiger partial charge in [-0.1, -0.05) is 55.3 Å². The van der Waals surface area contributed by atoms with Crippen LogP contribution in [0.2, 0.25) is 0 Å². The molecule has 1 N–H and O–H groups in total. The van der Waals surface area contributed by atoms with E-state index < -0.39 is 51.9 Å². The van der Waals surface area contributed by atoms with E-state index in [-0.39, 0.29) is 24.7 Å². The summed E-state index contributed by atoms with van der Waals surface area (Å²) in [6.45, 7) is -0.892. The summed E-state index contributed by atoms with van der Waals surface area (Å²) in [6, 6.07) is 15.9. The van der Waals surface area contributed by atoms with E-state index in [9.17, 15) is 31.2 Å².